The fourth-order valence-corrected chi connectivity index (χ4v) is 2.53. The summed E-state index contributed by atoms with van der Waals surface area (Å²) >= 11 is 6.14. The largest absolute Gasteiger partial charge is 0.370 e. The van der Waals surface area contributed by atoms with Crippen molar-refractivity contribution in [2.45, 2.75) is 27.2 Å². The molecule has 3 heteroatoms. The molecule has 1 saturated heterocycles. The van der Waals surface area contributed by atoms with E-state index in [-0.39, 0.29) is 5.41 Å². The quantitative estimate of drug-likeness (QED) is 0.762. The number of ketones is 1. The van der Waals surface area contributed by atoms with Crippen molar-refractivity contribution in [2.24, 2.45) is 5.41 Å². The van der Waals surface area contributed by atoms with Crippen molar-refractivity contribution in [3.63, 3.8) is 0 Å². The molecule has 1 aliphatic heterocycles. The number of anilines is 1. The van der Waals surface area contributed by atoms with E-state index < -0.39 is 0 Å². The smallest absolute Gasteiger partial charge is 0.142 e. The molecule has 92 valence electrons. The van der Waals surface area contributed by atoms with E-state index in [2.05, 4.69) is 11.0 Å². The van der Waals surface area contributed by atoms with Gasteiger partial charge in [0.05, 0.1) is 0 Å². The lowest BCUT2D eigenvalue weighted by Gasteiger charge is -2.39. The van der Waals surface area contributed by atoms with Gasteiger partial charge in [-0.1, -0.05) is 31.5 Å². The third kappa shape index (κ3) is 2.32. The fraction of sp³-hybridized carbons (Fsp3) is 0.500. The van der Waals surface area contributed by atoms with Crippen LogP contribution in [-0.2, 0) is 4.79 Å². The Morgan fingerprint density at radius 3 is 2.71 bits per heavy atom. The molecule has 0 bridgehead atoms. The lowest BCUT2D eigenvalue weighted by molar-refractivity contribution is -0.127. The summed E-state index contributed by atoms with van der Waals surface area (Å²) in [4.78, 5) is 14.1. The van der Waals surface area contributed by atoms with Gasteiger partial charge in [0.2, 0.25) is 0 Å². The number of carbonyl (C=O) groups is 1. The molecule has 0 unspecified atom stereocenters. The molecule has 1 fully saturated rings. The van der Waals surface area contributed by atoms with Gasteiger partial charge in [-0.05, 0) is 24.6 Å². The summed E-state index contributed by atoms with van der Waals surface area (Å²) in [5, 5.41) is 0.789. The summed E-state index contributed by atoms with van der Waals surface area (Å²) in [6.45, 7) is 7.63. The summed E-state index contributed by atoms with van der Waals surface area (Å²) in [6.07, 6.45) is 0.624. The minimum Gasteiger partial charge on any atom is -0.370 e. The van der Waals surface area contributed by atoms with Crippen LogP contribution < -0.4 is 4.90 Å². The highest BCUT2D eigenvalue weighted by atomic mass is 35.5. The minimum atomic E-state index is -0.257. The van der Waals surface area contributed by atoms with Crippen LogP contribution >= 0.6 is 11.6 Å². The Kier molecular flexibility index (Phi) is 3.17. The van der Waals surface area contributed by atoms with E-state index in [9.17, 15) is 4.79 Å². The van der Waals surface area contributed by atoms with Crippen molar-refractivity contribution in [2.75, 3.05) is 18.0 Å². The summed E-state index contributed by atoms with van der Waals surface area (Å²) in [7, 11) is 0. The molecule has 0 aromatic heterocycles. The van der Waals surface area contributed by atoms with Crippen molar-refractivity contribution < 1.29 is 4.79 Å². The molecule has 0 radical (unpaired) electrons. The van der Waals surface area contributed by atoms with Crippen LogP contribution in [0.5, 0.6) is 0 Å². The molecule has 1 aliphatic rings. The number of hydrogen-bond acceptors (Lipinski definition) is 2. The zero-order chi connectivity index (χ0) is 12.6. The van der Waals surface area contributed by atoms with Crippen molar-refractivity contribution in [1.82, 2.24) is 0 Å². The van der Waals surface area contributed by atoms with Gasteiger partial charge in [-0.3, -0.25) is 4.79 Å². The predicted molar refractivity (Wildman–Crippen MR) is 71.8 cm³/mol. The van der Waals surface area contributed by atoms with Crippen molar-refractivity contribution >= 4 is 23.1 Å². The number of benzene rings is 1. The number of nitrogens with zero attached hydrogens (tertiary/aromatic N) is 1. The Hall–Kier alpha value is -1.02. The van der Waals surface area contributed by atoms with Crippen LogP contribution in [0.1, 0.15) is 25.8 Å². The monoisotopic (exact) mass is 251 g/mol. The third-order valence-electron chi connectivity index (χ3n) is 3.53. The maximum Gasteiger partial charge on any atom is 0.142 e. The van der Waals surface area contributed by atoms with Gasteiger partial charge in [-0.25, -0.2) is 0 Å². The van der Waals surface area contributed by atoms with Crippen LogP contribution in [-0.4, -0.2) is 18.9 Å². The number of carbonyl (C=O) groups excluding carboxylic acids is 1. The van der Waals surface area contributed by atoms with Crippen LogP contribution in [0.2, 0.25) is 5.02 Å². The van der Waals surface area contributed by atoms with Gasteiger partial charge >= 0.3 is 0 Å². The van der Waals surface area contributed by atoms with E-state index in [1.807, 2.05) is 32.9 Å². The average Bonchev–Trinajstić information content (AvgIpc) is 2.26. The van der Waals surface area contributed by atoms with Gasteiger partial charge in [0.1, 0.15) is 5.78 Å². The Balaban J connectivity index is 2.30. The van der Waals surface area contributed by atoms with Gasteiger partial charge in [0, 0.05) is 35.6 Å². The third-order valence-corrected chi connectivity index (χ3v) is 3.94. The number of rotatable bonds is 1. The molecular formula is C14H18ClNO. The maximum atomic E-state index is 11.8. The Bertz CT molecular complexity index is 454. The van der Waals surface area contributed by atoms with E-state index in [4.69, 9.17) is 11.6 Å². The van der Waals surface area contributed by atoms with Crippen LogP contribution in [0, 0.1) is 12.3 Å². The van der Waals surface area contributed by atoms with E-state index in [0.29, 0.717) is 12.2 Å². The van der Waals surface area contributed by atoms with E-state index in [1.165, 1.54) is 0 Å². The summed E-state index contributed by atoms with van der Waals surface area (Å²) in [5.41, 5.74) is 1.99. The standard InChI is InChI=1S/C14H18ClNO/c1-10-11(15)5-4-6-12(10)16-8-7-13(17)14(2,3)9-16/h4-6H,7-9H2,1-3H3. The molecule has 1 heterocycles. The van der Waals surface area contributed by atoms with E-state index in [1.54, 1.807) is 0 Å². The minimum absolute atomic E-state index is 0.257. The molecular weight excluding hydrogens is 234 g/mol. The first-order valence-corrected chi connectivity index (χ1v) is 6.33. The highest BCUT2D eigenvalue weighted by Gasteiger charge is 2.34. The molecule has 0 atom stereocenters. The average molecular weight is 252 g/mol. The summed E-state index contributed by atoms with van der Waals surface area (Å²) < 4.78 is 0. The van der Waals surface area contributed by atoms with Crippen LogP contribution in [0.15, 0.2) is 18.2 Å². The van der Waals surface area contributed by atoms with Crippen LogP contribution in [0.3, 0.4) is 0 Å². The van der Waals surface area contributed by atoms with Crippen molar-refractivity contribution in [1.29, 1.82) is 0 Å². The molecule has 2 rings (SSSR count). The first kappa shape index (κ1) is 12.4. The SMILES string of the molecule is Cc1c(Cl)cccc1N1CCC(=O)C(C)(C)C1. The van der Waals surface area contributed by atoms with Gasteiger partial charge in [-0.15, -0.1) is 0 Å². The van der Waals surface area contributed by atoms with Gasteiger partial charge in [0.25, 0.3) is 0 Å². The van der Waals surface area contributed by atoms with Crippen molar-refractivity contribution in [3.05, 3.63) is 28.8 Å². The lowest BCUT2D eigenvalue weighted by atomic mass is 9.82. The second-order valence-corrected chi connectivity index (χ2v) is 5.77. The lowest BCUT2D eigenvalue weighted by Crippen LogP contribution is -2.46. The van der Waals surface area contributed by atoms with Gasteiger partial charge in [0.15, 0.2) is 0 Å². The topological polar surface area (TPSA) is 20.3 Å². The van der Waals surface area contributed by atoms with Crippen LogP contribution in [0.4, 0.5) is 5.69 Å². The van der Waals surface area contributed by atoms with Gasteiger partial charge < -0.3 is 4.90 Å². The fourth-order valence-electron chi connectivity index (χ4n) is 2.36. The Morgan fingerprint density at radius 2 is 2.06 bits per heavy atom. The highest BCUT2D eigenvalue weighted by Crippen LogP contribution is 2.32. The van der Waals surface area contributed by atoms with Crippen molar-refractivity contribution in [3.8, 4) is 0 Å². The molecule has 0 aliphatic carbocycles. The summed E-state index contributed by atoms with van der Waals surface area (Å²) in [6, 6.07) is 5.95. The molecule has 0 amide bonds. The first-order valence-electron chi connectivity index (χ1n) is 5.95. The zero-order valence-corrected chi connectivity index (χ0v) is 11.3. The maximum absolute atomic E-state index is 11.8. The van der Waals surface area contributed by atoms with Crippen LogP contribution in [0.25, 0.3) is 0 Å². The number of hydrogen-bond donors (Lipinski definition) is 0. The number of Topliss-reactive ketones (excluding diaryl/α,β-unsaturated/α-hetero) is 1. The molecule has 2 nitrogen and oxygen atoms in total. The number of piperidine rings is 1. The molecule has 0 N–H and O–H groups in total. The Labute approximate surface area is 108 Å². The molecule has 1 aromatic carbocycles. The Morgan fingerprint density at radius 1 is 1.35 bits per heavy atom. The summed E-state index contributed by atoms with van der Waals surface area (Å²) in [5.74, 6) is 0.355. The highest BCUT2D eigenvalue weighted by molar-refractivity contribution is 6.31. The molecule has 17 heavy (non-hydrogen) atoms. The second-order valence-electron chi connectivity index (χ2n) is 5.36. The normalized spacial score (nSPS) is 19.5. The second kappa shape index (κ2) is 4.34. The molecule has 1 aromatic rings. The first-order chi connectivity index (χ1) is 7.92. The van der Waals surface area contributed by atoms with Gasteiger partial charge in [-0.2, -0.15) is 0 Å². The zero-order valence-electron chi connectivity index (χ0n) is 10.6. The molecule has 0 spiro atoms. The predicted octanol–water partition coefficient (Wildman–Crippen LogP) is 3.45. The van der Waals surface area contributed by atoms with E-state index >= 15 is 0 Å². The van der Waals surface area contributed by atoms with E-state index in [0.717, 1.165) is 29.4 Å². The number of halogens is 1. The molecule has 0 saturated carbocycles.